The van der Waals surface area contributed by atoms with E-state index in [1.165, 1.54) is 0 Å². The van der Waals surface area contributed by atoms with Crippen LogP contribution in [0.15, 0.2) is 6.20 Å². The van der Waals surface area contributed by atoms with Crippen LogP contribution in [0.4, 0.5) is 0 Å². The van der Waals surface area contributed by atoms with Crippen molar-refractivity contribution < 1.29 is 14.6 Å². The molecule has 0 amide bonds. The van der Waals surface area contributed by atoms with Gasteiger partial charge in [0.15, 0.2) is 5.75 Å². The summed E-state index contributed by atoms with van der Waals surface area (Å²) in [6, 6.07) is 0.186. The van der Waals surface area contributed by atoms with Gasteiger partial charge in [-0.05, 0) is 20.3 Å². The highest BCUT2D eigenvalue weighted by molar-refractivity contribution is 5.31. The molecule has 5 heteroatoms. The summed E-state index contributed by atoms with van der Waals surface area (Å²) in [7, 11) is 1.62. The lowest BCUT2D eigenvalue weighted by Crippen LogP contribution is -2.40. The first kappa shape index (κ1) is 14.3. The molecule has 0 saturated carbocycles. The SMILES string of the molecule is CCC1CC(O)(c2c(OC)cnn2C(C)C)CCO1. The van der Waals surface area contributed by atoms with E-state index in [2.05, 4.69) is 25.9 Å². The van der Waals surface area contributed by atoms with Crippen LogP contribution in [0.2, 0.25) is 0 Å². The predicted octanol–water partition coefficient (Wildman–Crippen LogP) is 2.25. The smallest absolute Gasteiger partial charge is 0.162 e. The van der Waals surface area contributed by atoms with Gasteiger partial charge in [0.1, 0.15) is 11.3 Å². The van der Waals surface area contributed by atoms with Crippen LogP contribution in [0, 0.1) is 0 Å². The second-order valence-electron chi connectivity index (χ2n) is 5.49. The van der Waals surface area contributed by atoms with E-state index < -0.39 is 5.60 Å². The largest absolute Gasteiger partial charge is 0.493 e. The Morgan fingerprint density at radius 1 is 1.63 bits per heavy atom. The van der Waals surface area contributed by atoms with Crippen LogP contribution in [0.1, 0.15) is 51.8 Å². The van der Waals surface area contributed by atoms with E-state index in [0.717, 1.165) is 12.1 Å². The number of aromatic nitrogens is 2. The fraction of sp³-hybridized carbons (Fsp3) is 0.786. The van der Waals surface area contributed by atoms with Gasteiger partial charge in [-0.15, -0.1) is 0 Å². The van der Waals surface area contributed by atoms with E-state index in [0.29, 0.717) is 25.2 Å². The Labute approximate surface area is 114 Å². The number of nitrogens with zero attached hydrogens (tertiary/aromatic N) is 2. The highest BCUT2D eigenvalue weighted by Gasteiger charge is 2.41. The van der Waals surface area contributed by atoms with E-state index in [1.807, 2.05) is 4.68 Å². The van der Waals surface area contributed by atoms with Crippen molar-refractivity contribution >= 4 is 0 Å². The molecule has 2 heterocycles. The maximum atomic E-state index is 11.1. The summed E-state index contributed by atoms with van der Waals surface area (Å²) in [5, 5.41) is 15.4. The molecule has 2 unspecified atom stereocenters. The molecule has 2 rings (SSSR count). The van der Waals surface area contributed by atoms with Crippen LogP contribution in [0.5, 0.6) is 5.75 Å². The van der Waals surface area contributed by atoms with Crippen molar-refractivity contribution in [3.63, 3.8) is 0 Å². The first-order valence-electron chi connectivity index (χ1n) is 6.97. The molecule has 0 spiro atoms. The Morgan fingerprint density at radius 2 is 2.37 bits per heavy atom. The third kappa shape index (κ3) is 2.62. The Balaban J connectivity index is 2.40. The van der Waals surface area contributed by atoms with Crippen LogP contribution in [-0.4, -0.2) is 34.7 Å². The Bertz CT molecular complexity index is 430. The van der Waals surface area contributed by atoms with Gasteiger partial charge in [-0.25, -0.2) is 0 Å². The average molecular weight is 268 g/mol. The van der Waals surface area contributed by atoms with E-state index >= 15 is 0 Å². The fourth-order valence-electron chi connectivity index (χ4n) is 2.74. The van der Waals surface area contributed by atoms with Crippen molar-refractivity contribution in [1.82, 2.24) is 9.78 Å². The molecule has 19 heavy (non-hydrogen) atoms. The molecule has 2 atom stereocenters. The quantitative estimate of drug-likeness (QED) is 0.910. The van der Waals surface area contributed by atoms with Gasteiger partial charge in [-0.3, -0.25) is 4.68 Å². The third-order valence-electron chi connectivity index (χ3n) is 3.80. The average Bonchev–Trinajstić information content (AvgIpc) is 2.83. The molecule has 0 aliphatic carbocycles. The van der Waals surface area contributed by atoms with Gasteiger partial charge >= 0.3 is 0 Å². The van der Waals surface area contributed by atoms with Crippen LogP contribution in [-0.2, 0) is 10.3 Å². The van der Waals surface area contributed by atoms with Crippen molar-refractivity contribution in [2.45, 2.75) is 57.8 Å². The molecule has 0 radical (unpaired) electrons. The molecule has 1 aliphatic rings. The molecule has 1 N–H and O–H groups in total. The second kappa shape index (κ2) is 5.51. The number of rotatable bonds is 4. The van der Waals surface area contributed by atoms with Crippen LogP contribution < -0.4 is 4.74 Å². The zero-order valence-corrected chi connectivity index (χ0v) is 12.2. The maximum absolute atomic E-state index is 11.1. The number of hydrogen-bond donors (Lipinski definition) is 1. The Hall–Kier alpha value is -1.07. The normalized spacial score (nSPS) is 27.8. The maximum Gasteiger partial charge on any atom is 0.162 e. The van der Waals surface area contributed by atoms with Crippen LogP contribution in [0.25, 0.3) is 0 Å². The van der Waals surface area contributed by atoms with E-state index in [4.69, 9.17) is 9.47 Å². The fourth-order valence-corrected chi connectivity index (χ4v) is 2.74. The molecule has 1 fully saturated rings. The third-order valence-corrected chi connectivity index (χ3v) is 3.80. The van der Waals surface area contributed by atoms with Crippen molar-refractivity contribution in [2.75, 3.05) is 13.7 Å². The molecule has 0 bridgehead atoms. The van der Waals surface area contributed by atoms with Crippen molar-refractivity contribution in [2.24, 2.45) is 0 Å². The lowest BCUT2D eigenvalue weighted by Gasteiger charge is -2.37. The molecule has 1 aromatic heterocycles. The van der Waals surface area contributed by atoms with Gasteiger partial charge in [-0.1, -0.05) is 6.92 Å². The molecule has 1 aromatic rings. The van der Waals surface area contributed by atoms with Crippen LogP contribution >= 0.6 is 0 Å². The summed E-state index contributed by atoms with van der Waals surface area (Å²) in [4.78, 5) is 0. The molecule has 1 aliphatic heterocycles. The van der Waals surface area contributed by atoms with Gasteiger partial charge in [0.05, 0.1) is 26.0 Å². The van der Waals surface area contributed by atoms with Gasteiger partial charge in [-0.2, -0.15) is 5.10 Å². The molecule has 1 saturated heterocycles. The van der Waals surface area contributed by atoms with Gasteiger partial charge in [0, 0.05) is 18.9 Å². The predicted molar refractivity (Wildman–Crippen MR) is 72.3 cm³/mol. The van der Waals surface area contributed by atoms with Crippen molar-refractivity contribution in [3.8, 4) is 5.75 Å². The highest BCUT2D eigenvalue weighted by atomic mass is 16.5. The van der Waals surface area contributed by atoms with Gasteiger partial charge in [0.2, 0.25) is 0 Å². The second-order valence-corrected chi connectivity index (χ2v) is 5.49. The van der Waals surface area contributed by atoms with E-state index in [-0.39, 0.29) is 12.1 Å². The number of ether oxygens (including phenoxy) is 2. The van der Waals surface area contributed by atoms with Crippen molar-refractivity contribution in [3.05, 3.63) is 11.9 Å². The minimum Gasteiger partial charge on any atom is -0.493 e. The standard InChI is InChI=1S/C14H24N2O3/c1-5-11-8-14(17,6-7-19-11)13-12(18-4)9-15-16(13)10(2)3/h9-11,17H,5-8H2,1-4H3. The number of hydrogen-bond acceptors (Lipinski definition) is 4. The lowest BCUT2D eigenvalue weighted by atomic mass is 9.86. The monoisotopic (exact) mass is 268 g/mol. The van der Waals surface area contributed by atoms with Crippen LogP contribution in [0.3, 0.4) is 0 Å². The Morgan fingerprint density at radius 3 is 2.95 bits per heavy atom. The molecule has 0 aromatic carbocycles. The minimum atomic E-state index is -0.912. The number of aliphatic hydroxyl groups is 1. The summed E-state index contributed by atoms with van der Waals surface area (Å²) in [5.41, 5.74) is -0.128. The van der Waals surface area contributed by atoms with Gasteiger partial charge < -0.3 is 14.6 Å². The lowest BCUT2D eigenvalue weighted by molar-refractivity contribution is -0.113. The summed E-state index contributed by atoms with van der Waals surface area (Å²) in [6.07, 6.45) is 3.86. The summed E-state index contributed by atoms with van der Waals surface area (Å²) >= 11 is 0. The molecule has 108 valence electrons. The topological polar surface area (TPSA) is 56.5 Å². The first-order chi connectivity index (χ1) is 9.01. The van der Waals surface area contributed by atoms with E-state index in [9.17, 15) is 5.11 Å². The molecular weight excluding hydrogens is 244 g/mol. The minimum absolute atomic E-state index is 0.0963. The summed E-state index contributed by atoms with van der Waals surface area (Å²) in [5.74, 6) is 0.660. The molecule has 5 nitrogen and oxygen atoms in total. The summed E-state index contributed by atoms with van der Waals surface area (Å²) in [6.45, 7) is 6.75. The highest BCUT2D eigenvalue weighted by Crippen LogP contribution is 2.40. The van der Waals surface area contributed by atoms with Crippen molar-refractivity contribution in [1.29, 1.82) is 0 Å². The Kier molecular flexibility index (Phi) is 4.16. The van der Waals surface area contributed by atoms with Gasteiger partial charge in [0.25, 0.3) is 0 Å². The summed E-state index contributed by atoms with van der Waals surface area (Å²) < 4.78 is 12.9. The first-order valence-corrected chi connectivity index (χ1v) is 6.97. The van der Waals surface area contributed by atoms with E-state index in [1.54, 1.807) is 13.3 Å². The zero-order chi connectivity index (χ0) is 14.0. The zero-order valence-electron chi connectivity index (χ0n) is 12.2. The number of methoxy groups -OCH3 is 1. The molecular formula is C14H24N2O3.